The molecule has 0 saturated heterocycles. The number of rotatable bonds is 2. The van der Waals surface area contributed by atoms with Crippen molar-refractivity contribution >= 4 is 32.9 Å². The number of fused-ring (bicyclic) bond motifs is 1. The molecule has 1 aliphatic rings. The van der Waals surface area contributed by atoms with Gasteiger partial charge in [0.1, 0.15) is 5.65 Å². The van der Waals surface area contributed by atoms with Crippen LogP contribution in [0.15, 0.2) is 15.3 Å². The minimum atomic E-state index is -0.0857. The Kier molecular flexibility index (Phi) is 4.18. The molecular formula is C15H19BrN4O2. The minimum absolute atomic E-state index is 0.0857. The molecule has 0 aromatic carbocycles. The fourth-order valence-corrected chi connectivity index (χ4v) is 3.68. The molecule has 22 heavy (non-hydrogen) atoms. The Balaban J connectivity index is 2.16. The molecule has 0 spiro atoms. The van der Waals surface area contributed by atoms with Crippen LogP contribution >= 0.6 is 15.9 Å². The zero-order valence-corrected chi connectivity index (χ0v) is 14.0. The molecule has 2 heterocycles. The van der Waals surface area contributed by atoms with Gasteiger partial charge in [-0.1, -0.05) is 0 Å². The van der Waals surface area contributed by atoms with Crippen molar-refractivity contribution in [1.82, 2.24) is 14.5 Å². The molecule has 2 aromatic rings. The standard InChI is InChI=1S/C15H19BrN4O2/c1-8-11-6-12(16)14(22)20(13(11)19-15(17)18-8)10-4-2-9(7-21)3-5-10/h6,9-10,21H,2-5,7H2,1H3,(H2,17,18,19). The Morgan fingerprint density at radius 2 is 2.05 bits per heavy atom. The number of aromatic nitrogens is 3. The van der Waals surface area contributed by atoms with Gasteiger partial charge < -0.3 is 10.8 Å². The van der Waals surface area contributed by atoms with E-state index >= 15 is 0 Å². The topological polar surface area (TPSA) is 94.0 Å². The number of nitrogen functional groups attached to an aromatic ring is 1. The van der Waals surface area contributed by atoms with Gasteiger partial charge in [-0.15, -0.1) is 0 Å². The molecular weight excluding hydrogens is 348 g/mol. The molecule has 1 aliphatic carbocycles. The Hall–Kier alpha value is -1.47. The lowest BCUT2D eigenvalue weighted by molar-refractivity contribution is 0.169. The van der Waals surface area contributed by atoms with Crippen molar-refractivity contribution in [2.24, 2.45) is 5.92 Å². The van der Waals surface area contributed by atoms with Crippen LogP contribution in [0.2, 0.25) is 0 Å². The highest BCUT2D eigenvalue weighted by molar-refractivity contribution is 9.10. The predicted molar refractivity (Wildman–Crippen MR) is 88.7 cm³/mol. The molecule has 0 unspecified atom stereocenters. The summed E-state index contributed by atoms with van der Waals surface area (Å²) in [6.45, 7) is 2.08. The maximum Gasteiger partial charge on any atom is 0.266 e. The van der Waals surface area contributed by atoms with Crippen molar-refractivity contribution in [2.75, 3.05) is 12.3 Å². The van der Waals surface area contributed by atoms with E-state index in [1.165, 1.54) is 0 Å². The molecule has 6 nitrogen and oxygen atoms in total. The van der Waals surface area contributed by atoms with E-state index in [0.717, 1.165) is 36.8 Å². The molecule has 118 valence electrons. The van der Waals surface area contributed by atoms with Crippen LogP contribution in [0.25, 0.3) is 11.0 Å². The Morgan fingerprint density at radius 1 is 1.36 bits per heavy atom. The van der Waals surface area contributed by atoms with E-state index in [9.17, 15) is 9.90 Å². The number of nitrogens with zero attached hydrogens (tertiary/aromatic N) is 3. The van der Waals surface area contributed by atoms with Crippen LogP contribution < -0.4 is 11.3 Å². The van der Waals surface area contributed by atoms with E-state index < -0.39 is 0 Å². The fourth-order valence-electron chi connectivity index (χ4n) is 3.26. The van der Waals surface area contributed by atoms with Gasteiger partial charge in [0.2, 0.25) is 5.95 Å². The Bertz CT molecular complexity index is 766. The number of hydrogen-bond donors (Lipinski definition) is 2. The van der Waals surface area contributed by atoms with Gasteiger partial charge in [0, 0.05) is 18.0 Å². The maximum absolute atomic E-state index is 12.6. The number of hydrogen-bond acceptors (Lipinski definition) is 5. The first-order valence-corrected chi connectivity index (χ1v) is 8.26. The van der Waals surface area contributed by atoms with Crippen molar-refractivity contribution in [2.45, 2.75) is 38.6 Å². The quantitative estimate of drug-likeness (QED) is 0.849. The summed E-state index contributed by atoms with van der Waals surface area (Å²) in [6.07, 6.45) is 3.56. The second kappa shape index (κ2) is 5.96. The van der Waals surface area contributed by atoms with E-state index in [1.807, 2.05) is 6.92 Å². The average Bonchev–Trinajstić information content (AvgIpc) is 2.50. The first-order chi connectivity index (χ1) is 10.5. The molecule has 1 fully saturated rings. The van der Waals surface area contributed by atoms with Gasteiger partial charge in [0.05, 0.1) is 10.2 Å². The summed E-state index contributed by atoms with van der Waals surface area (Å²) in [4.78, 5) is 21.1. The van der Waals surface area contributed by atoms with Gasteiger partial charge >= 0.3 is 0 Å². The molecule has 0 atom stereocenters. The highest BCUT2D eigenvalue weighted by Gasteiger charge is 2.25. The predicted octanol–water partition coefficient (Wildman–Crippen LogP) is 2.17. The van der Waals surface area contributed by atoms with Crippen molar-refractivity contribution in [3.63, 3.8) is 0 Å². The number of anilines is 1. The van der Waals surface area contributed by atoms with Gasteiger partial charge in [0.15, 0.2) is 0 Å². The number of pyridine rings is 1. The second-order valence-corrected chi connectivity index (χ2v) is 6.78. The van der Waals surface area contributed by atoms with Gasteiger partial charge in [-0.3, -0.25) is 9.36 Å². The lowest BCUT2D eigenvalue weighted by Gasteiger charge is -2.29. The molecule has 0 radical (unpaired) electrons. The Labute approximate surface area is 136 Å². The average molecular weight is 367 g/mol. The minimum Gasteiger partial charge on any atom is -0.396 e. The summed E-state index contributed by atoms with van der Waals surface area (Å²) < 4.78 is 2.26. The lowest BCUT2D eigenvalue weighted by atomic mass is 9.86. The van der Waals surface area contributed by atoms with Crippen molar-refractivity contribution in [1.29, 1.82) is 0 Å². The SMILES string of the molecule is Cc1nc(N)nc2c1cc(Br)c(=O)n2C1CCC(CO)CC1. The smallest absolute Gasteiger partial charge is 0.266 e. The number of aliphatic hydroxyl groups is 1. The third-order valence-corrected chi connectivity index (χ3v) is 5.06. The Morgan fingerprint density at radius 3 is 2.68 bits per heavy atom. The van der Waals surface area contributed by atoms with Crippen LogP contribution in [0.3, 0.4) is 0 Å². The molecule has 3 rings (SSSR count). The highest BCUT2D eigenvalue weighted by Crippen LogP contribution is 2.33. The normalized spacial score (nSPS) is 22.1. The van der Waals surface area contributed by atoms with E-state index in [0.29, 0.717) is 16.0 Å². The van der Waals surface area contributed by atoms with Gasteiger partial charge in [-0.2, -0.15) is 4.98 Å². The first kappa shape index (κ1) is 15.4. The highest BCUT2D eigenvalue weighted by atomic mass is 79.9. The number of aliphatic hydroxyl groups excluding tert-OH is 1. The van der Waals surface area contributed by atoms with Crippen molar-refractivity contribution < 1.29 is 5.11 Å². The van der Waals surface area contributed by atoms with Crippen molar-refractivity contribution in [3.05, 3.63) is 26.6 Å². The summed E-state index contributed by atoms with van der Waals surface area (Å²) in [7, 11) is 0. The second-order valence-electron chi connectivity index (χ2n) is 5.93. The molecule has 0 bridgehead atoms. The fraction of sp³-hybridized carbons (Fsp3) is 0.533. The molecule has 2 aromatic heterocycles. The third-order valence-electron chi connectivity index (χ3n) is 4.50. The summed E-state index contributed by atoms with van der Waals surface area (Å²) in [5.74, 6) is 0.524. The van der Waals surface area contributed by atoms with Crippen LogP contribution in [0.1, 0.15) is 37.4 Å². The molecule has 0 amide bonds. The summed E-state index contributed by atoms with van der Waals surface area (Å²) in [5, 5.41) is 10.1. The molecule has 3 N–H and O–H groups in total. The summed E-state index contributed by atoms with van der Waals surface area (Å²) in [6, 6.07) is 1.85. The van der Waals surface area contributed by atoms with Crippen molar-refractivity contribution in [3.8, 4) is 0 Å². The molecule has 0 aliphatic heterocycles. The van der Waals surface area contributed by atoms with Crippen LogP contribution in [-0.2, 0) is 0 Å². The first-order valence-electron chi connectivity index (χ1n) is 7.47. The number of halogens is 1. The van der Waals surface area contributed by atoms with Crippen LogP contribution in [-0.4, -0.2) is 26.2 Å². The van der Waals surface area contributed by atoms with E-state index in [2.05, 4.69) is 25.9 Å². The van der Waals surface area contributed by atoms with E-state index in [1.54, 1.807) is 10.6 Å². The molecule has 7 heteroatoms. The maximum atomic E-state index is 12.6. The van der Waals surface area contributed by atoms with Gasteiger partial charge in [-0.05, 0) is 60.5 Å². The van der Waals surface area contributed by atoms with E-state index in [4.69, 9.17) is 5.73 Å². The zero-order valence-electron chi connectivity index (χ0n) is 12.4. The number of aryl methyl sites for hydroxylation is 1. The lowest BCUT2D eigenvalue weighted by Crippen LogP contribution is -2.30. The third kappa shape index (κ3) is 2.63. The van der Waals surface area contributed by atoms with Crippen LogP contribution in [0.5, 0.6) is 0 Å². The van der Waals surface area contributed by atoms with Crippen LogP contribution in [0, 0.1) is 12.8 Å². The van der Waals surface area contributed by atoms with E-state index in [-0.39, 0.29) is 24.2 Å². The molecule has 1 saturated carbocycles. The summed E-state index contributed by atoms with van der Waals surface area (Å²) in [5.41, 5.74) is 7.05. The summed E-state index contributed by atoms with van der Waals surface area (Å²) >= 11 is 3.35. The monoisotopic (exact) mass is 366 g/mol. The van der Waals surface area contributed by atoms with Gasteiger partial charge in [0.25, 0.3) is 5.56 Å². The zero-order chi connectivity index (χ0) is 15.9. The largest absolute Gasteiger partial charge is 0.396 e. The van der Waals surface area contributed by atoms with Gasteiger partial charge in [-0.25, -0.2) is 4.98 Å². The number of nitrogens with two attached hydrogens (primary N) is 1. The van der Waals surface area contributed by atoms with Crippen LogP contribution in [0.4, 0.5) is 5.95 Å².